The number of carbonyl (C=O) groups is 1. The van der Waals surface area contributed by atoms with Crippen LogP contribution in [0, 0.1) is 0 Å². The van der Waals surface area contributed by atoms with Crippen LogP contribution in [0.5, 0.6) is 5.75 Å². The zero-order valence-electron chi connectivity index (χ0n) is 9.25. The minimum absolute atomic E-state index is 0.146. The number of esters is 1. The fourth-order valence-electron chi connectivity index (χ4n) is 1.32. The Bertz CT molecular complexity index is 493. The van der Waals surface area contributed by atoms with Crippen molar-refractivity contribution < 1.29 is 18.7 Å². The second kappa shape index (κ2) is 5.16. The predicted octanol–water partition coefficient (Wildman–Crippen LogP) is 1.89. The van der Waals surface area contributed by atoms with Crippen molar-refractivity contribution in [2.24, 2.45) is 0 Å². The van der Waals surface area contributed by atoms with Crippen molar-refractivity contribution in [1.29, 1.82) is 0 Å². The van der Waals surface area contributed by atoms with Gasteiger partial charge < -0.3 is 13.9 Å². The standard InChI is InChI=1S/C12H11NO4/c1-15-11(14)8-17-10-3-2-5-13-12(10)9-4-6-16-7-9/h2-7H,8H2,1H3. The lowest BCUT2D eigenvalue weighted by Gasteiger charge is -2.07. The fraction of sp³-hybridized carbons (Fsp3) is 0.167. The molecule has 2 aromatic heterocycles. The van der Waals surface area contributed by atoms with Crippen LogP contribution >= 0.6 is 0 Å². The summed E-state index contributed by atoms with van der Waals surface area (Å²) in [4.78, 5) is 15.2. The normalized spacial score (nSPS) is 9.94. The first-order chi connectivity index (χ1) is 8.31. The van der Waals surface area contributed by atoms with E-state index in [0.717, 1.165) is 5.56 Å². The van der Waals surface area contributed by atoms with E-state index in [1.807, 2.05) is 0 Å². The van der Waals surface area contributed by atoms with Gasteiger partial charge in [0.25, 0.3) is 0 Å². The summed E-state index contributed by atoms with van der Waals surface area (Å²) in [7, 11) is 1.31. The monoisotopic (exact) mass is 233 g/mol. The Labute approximate surface area is 98.0 Å². The van der Waals surface area contributed by atoms with Crippen LogP contribution in [0.1, 0.15) is 0 Å². The summed E-state index contributed by atoms with van der Waals surface area (Å²) < 4.78 is 14.8. The number of nitrogens with zero attached hydrogens (tertiary/aromatic N) is 1. The molecule has 0 aliphatic rings. The maximum absolute atomic E-state index is 11.0. The molecular formula is C12H11NO4. The largest absolute Gasteiger partial charge is 0.480 e. The second-order valence-electron chi connectivity index (χ2n) is 3.23. The molecular weight excluding hydrogens is 222 g/mol. The molecule has 0 bridgehead atoms. The Morgan fingerprint density at radius 1 is 1.47 bits per heavy atom. The van der Waals surface area contributed by atoms with Crippen LogP contribution in [0.15, 0.2) is 41.3 Å². The highest BCUT2D eigenvalue weighted by molar-refractivity contribution is 5.72. The molecule has 2 aromatic rings. The lowest BCUT2D eigenvalue weighted by Crippen LogP contribution is -2.13. The van der Waals surface area contributed by atoms with Crippen LogP contribution in [0.4, 0.5) is 0 Å². The van der Waals surface area contributed by atoms with Gasteiger partial charge in [-0.3, -0.25) is 4.98 Å². The predicted molar refractivity (Wildman–Crippen MR) is 59.5 cm³/mol. The molecule has 0 atom stereocenters. The number of furan rings is 1. The summed E-state index contributed by atoms with van der Waals surface area (Å²) in [6.45, 7) is -0.146. The molecule has 0 aliphatic heterocycles. The molecule has 5 heteroatoms. The number of methoxy groups -OCH3 is 1. The summed E-state index contributed by atoms with van der Waals surface area (Å²) in [5, 5.41) is 0. The lowest BCUT2D eigenvalue weighted by atomic mass is 10.2. The molecule has 0 unspecified atom stereocenters. The van der Waals surface area contributed by atoms with Crippen LogP contribution in [0.25, 0.3) is 11.3 Å². The summed E-state index contributed by atoms with van der Waals surface area (Å²) >= 11 is 0. The number of aromatic nitrogens is 1. The van der Waals surface area contributed by atoms with E-state index in [2.05, 4.69) is 9.72 Å². The van der Waals surface area contributed by atoms with E-state index in [1.54, 1.807) is 36.9 Å². The quantitative estimate of drug-likeness (QED) is 0.754. The number of hydrogen-bond donors (Lipinski definition) is 0. The zero-order chi connectivity index (χ0) is 12.1. The Balaban J connectivity index is 2.20. The Hall–Kier alpha value is -2.30. The molecule has 0 aliphatic carbocycles. The van der Waals surface area contributed by atoms with Crippen molar-refractivity contribution in [3.05, 3.63) is 36.9 Å². The van der Waals surface area contributed by atoms with Crippen molar-refractivity contribution in [2.45, 2.75) is 0 Å². The van der Waals surface area contributed by atoms with Crippen LogP contribution < -0.4 is 4.74 Å². The van der Waals surface area contributed by atoms with E-state index in [4.69, 9.17) is 9.15 Å². The molecule has 5 nitrogen and oxygen atoms in total. The molecule has 0 radical (unpaired) electrons. The van der Waals surface area contributed by atoms with Crippen LogP contribution in [-0.2, 0) is 9.53 Å². The molecule has 17 heavy (non-hydrogen) atoms. The highest BCUT2D eigenvalue weighted by Crippen LogP contribution is 2.27. The van der Waals surface area contributed by atoms with Gasteiger partial charge >= 0.3 is 5.97 Å². The van der Waals surface area contributed by atoms with Gasteiger partial charge in [0.1, 0.15) is 11.4 Å². The van der Waals surface area contributed by atoms with Crippen molar-refractivity contribution >= 4 is 5.97 Å². The zero-order valence-corrected chi connectivity index (χ0v) is 9.25. The molecule has 88 valence electrons. The third-order valence-electron chi connectivity index (χ3n) is 2.14. The van der Waals surface area contributed by atoms with Crippen molar-refractivity contribution in [2.75, 3.05) is 13.7 Å². The summed E-state index contributed by atoms with van der Waals surface area (Å²) in [5.41, 5.74) is 1.43. The smallest absolute Gasteiger partial charge is 0.343 e. The molecule has 0 saturated carbocycles. The molecule has 0 amide bonds. The number of hydrogen-bond acceptors (Lipinski definition) is 5. The highest BCUT2D eigenvalue weighted by Gasteiger charge is 2.10. The molecule has 0 spiro atoms. The van der Waals surface area contributed by atoms with Gasteiger partial charge in [-0.25, -0.2) is 4.79 Å². The summed E-state index contributed by atoms with van der Waals surface area (Å²) in [5.74, 6) is 0.0753. The topological polar surface area (TPSA) is 61.6 Å². The van der Waals surface area contributed by atoms with Gasteiger partial charge in [0.2, 0.25) is 0 Å². The van der Waals surface area contributed by atoms with Crippen LogP contribution in [-0.4, -0.2) is 24.7 Å². The lowest BCUT2D eigenvalue weighted by molar-refractivity contribution is -0.142. The van der Waals surface area contributed by atoms with Gasteiger partial charge in [-0.15, -0.1) is 0 Å². The van der Waals surface area contributed by atoms with Gasteiger partial charge in [-0.1, -0.05) is 0 Å². The van der Waals surface area contributed by atoms with Gasteiger partial charge in [0.15, 0.2) is 6.61 Å². The van der Waals surface area contributed by atoms with Gasteiger partial charge in [0.05, 0.1) is 19.6 Å². The van der Waals surface area contributed by atoms with Crippen LogP contribution in [0.2, 0.25) is 0 Å². The van der Waals surface area contributed by atoms with Gasteiger partial charge in [0, 0.05) is 11.8 Å². The highest BCUT2D eigenvalue weighted by atomic mass is 16.6. The van der Waals surface area contributed by atoms with Gasteiger partial charge in [-0.2, -0.15) is 0 Å². The Kier molecular flexibility index (Phi) is 3.40. The average molecular weight is 233 g/mol. The minimum atomic E-state index is -0.438. The maximum atomic E-state index is 11.0. The maximum Gasteiger partial charge on any atom is 0.343 e. The Morgan fingerprint density at radius 3 is 3.06 bits per heavy atom. The van der Waals surface area contributed by atoms with Crippen molar-refractivity contribution in [3.8, 4) is 17.0 Å². The van der Waals surface area contributed by atoms with Crippen molar-refractivity contribution in [1.82, 2.24) is 4.98 Å². The number of ether oxygens (including phenoxy) is 2. The number of pyridine rings is 1. The third kappa shape index (κ3) is 2.63. The molecule has 0 saturated heterocycles. The second-order valence-corrected chi connectivity index (χ2v) is 3.23. The van der Waals surface area contributed by atoms with Gasteiger partial charge in [-0.05, 0) is 18.2 Å². The van der Waals surface area contributed by atoms with E-state index in [9.17, 15) is 4.79 Å². The molecule has 2 rings (SSSR count). The fourth-order valence-corrected chi connectivity index (χ4v) is 1.32. The first kappa shape index (κ1) is 11.2. The first-order valence-electron chi connectivity index (χ1n) is 4.98. The van der Waals surface area contributed by atoms with E-state index in [-0.39, 0.29) is 6.61 Å². The van der Waals surface area contributed by atoms with Crippen LogP contribution in [0.3, 0.4) is 0 Å². The molecule has 0 N–H and O–H groups in total. The van der Waals surface area contributed by atoms with E-state index in [1.165, 1.54) is 7.11 Å². The first-order valence-corrected chi connectivity index (χ1v) is 4.98. The third-order valence-corrected chi connectivity index (χ3v) is 2.14. The molecule has 0 aromatic carbocycles. The summed E-state index contributed by atoms with van der Waals surface area (Å²) in [6.07, 6.45) is 4.76. The van der Waals surface area contributed by atoms with E-state index < -0.39 is 5.97 Å². The minimum Gasteiger partial charge on any atom is -0.480 e. The average Bonchev–Trinajstić information content (AvgIpc) is 2.90. The summed E-state index contributed by atoms with van der Waals surface area (Å²) in [6, 6.07) is 5.24. The SMILES string of the molecule is COC(=O)COc1cccnc1-c1ccoc1. The number of carbonyl (C=O) groups excluding carboxylic acids is 1. The molecule has 2 heterocycles. The van der Waals surface area contributed by atoms with Crippen molar-refractivity contribution in [3.63, 3.8) is 0 Å². The van der Waals surface area contributed by atoms with E-state index >= 15 is 0 Å². The number of rotatable bonds is 4. The van der Waals surface area contributed by atoms with E-state index in [0.29, 0.717) is 11.4 Å². The Morgan fingerprint density at radius 2 is 2.35 bits per heavy atom. The molecule has 0 fully saturated rings.